The summed E-state index contributed by atoms with van der Waals surface area (Å²) in [5.41, 5.74) is 1.76. The molecule has 4 fully saturated rings. The molecule has 1 aromatic carbocycles. The molecule has 3 aliphatic heterocycles. The van der Waals surface area contributed by atoms with E-state index >= 15 is 0 Å². The lowest BCUT2D eigenvalue weighted by Gasteiger charge is -2.52. The summed E-state index contributed by atoms with van der Waals surface area (Å²) in [6, 6.07) is 9.05. The molecule has 146 valence electrons. The van der Waals surface area contributed by atoms with Crippen molar-refractivity contribution in [2.24, 2.45) is 5.92 Å². The summed E-state index contributed by atoms with van der Waals surface area (Å²) in [4.78, 5) is 16.5. The number of amides is 1. The molecule has 0 radical (unpaired) electrons. The summed E-state index contributed by atoms with van der Waals surface area (Å²) in [7, 11) is 0. The van der Waals surface area contributed by atoms with E-state index in [0.29, 0.717) is 17.5 Å². The van der Waals surface area contributed by atoms with Crippen LogP contribution in [0, 0.1) is 5.92 Å². The van der Waals surface area contributed by atoms with Crippen molar-refractivity contribution in [3.8, 4) is 0 Å². The van der Waals surface area contributed by atoms with E-state index in [4.69, 9.17) is 0 Å². The second-order valence-corrected chi connectivity index (χ2v) is 10.6. The van der Waals surface area contributed by atoms with Crippen molar-refractivity contribution in [2.75, 3.05) is 13.1 Å². The minimum Gasteiger partial charge on any atom is -0.346 e. The Morgan fingerprint density at radius 2 is 1.89 bits per heavy atom. The van der Waals surface area contributed by atoms with Gasteiger partial charge < -0.3 is 5.32 Å². The summed E-state index contributed by atoms with van der Waals surface area (Å²) in [5, 5.41) is 4.64. The van der Waals surface area contributed by atoms with E-state index in [2.05, 4.69) is 55.3 Å². The lowest BCUT2D eigenvalue weighted by Crippen LogP contribution is -2.65. The maximum absolute atomic E-state index is 13.0. The van der Waals surface area contributed by atoms with Gasteiger partial charge in [0.15, 0.2) is 0 Å². The average Bonchev–Trinajstić information content (AvgIpc) is 3.26. The number of benzene rings is 1. The van der Waals surface area contributed by atoms with Gasteiger partial charge in [0.2, 0.25) is 0 Å². The Hall–Kier alpha value is -1.10. The molecular formula is C22H29ClN2OS. The molecule has 1 amide bonds. The predicted molar refractivity (Wildman–Crippen MR) is 115 cm³/mol. The van der Waals surface area contributed by atoms with Gasteiger partial charge in [-0.15, -0.1) is 23.7 Å². The van der Waals surface area contributed by atoms with E-state index in [1.165, 1.54) is 54.4 Å². The fourth-order valence-electron chi connectivity index (χ4n) is 5.14. The second-order valence-electron chi connectivity index (χ2n) is 9.49. The number of piperidine rings is 3. The van der Waals surface area contributed by atoms with Crippen LogP contribution < -0.4 is 5.32 Å². The molecule has 6 rings (SSSR count). The highest BCUT2D eigenvalue weighted by Crippen LogP contribution is 2.53. The largest absolute Gasteiger partial charge is 0.346 e. The molecule has 1 N–H and O–H groups in total. The van der Waals surface area contributed by atoms with Crippen LogP contribution >= 0.6 is 23.7 Å². The molecule has 1 aliphatic carbocycles. The number of rotatable bonds is 2. The Bertz CT molecular complexity index is 872. The quantitative estimate of drug-likeness (QED) is 0.765. The molecule has 1 aromatic heterocycles. The molecular weight excluding hydrogens is 376 g/mol. The van der Waals surface area contributed by atoms with Gasteiger partial charge in [0.05, 0.1) is 10.9 Å². The lowest BCUT2D eigenvalue weighted by molar-refractivity contribution is -0.00138. The molecule has 1 spiro atoms. The molecule has 2 aromatic rings. The summed E-state index contributed by atoms with van der Waals surface area (Å²) in [6.45, 7) is 9.17. The molecule has 2 bridgehead atoms. The number of nitrogens with zero attached hydrogens (tertiary/aromatic N) is 1. The number of halogens is 1. The van der Waals surface area contributed by atoms with Gasteiger partial charge in [-0.25, -0.2) is 0 Å². The lowest BCUT2D eigenvalue weighted by atomic mass is 9.77. The van der Waals surface area contributed by atoms with E-state index in [-0.39, 0.29) is 23.7 Å². The Kier molecular flexibility index (Phi) is 4.60. The van der Waals surface area contributed by atoms with E-state index in [1.807, 2.05) is 0 Å². The van der Waals surface area contributed by atoms with Crippen LogP contribution in [-0.2, 0) is 5.41 Å². The highest BCUT2D eigenvalue weighted by Gasteiger charge is 2.60. The minimum absolute atomic E-state index is 0. The van der Waals surface area contributed by atoms with Crippen LogP contribution in [-0.4, -0.2) is 35.5 Å². The summed E-state index contributed by atoms with van der Waals surface area (Å²) >= 11 is 1.64. The van der Waals surface area contributed by atoms with Crippen LogP contribution in [0.25, 0.3) is 10.1 Å². The zero-order chi connectivity index (χ0) is 18.1. The number of nitrogens with one attached hydrogen (secondary N) is 1. The van der Waals surface area contributed by atoms with Gasteiger partial charge in [0, 0.05) is 10.2 Å². The number of carbonyl (C=O) groups excluding carboxylic acids is 1. The van der Waals surface area contributed by atoms with Crippen molar-refractivity contribution in [1.29, 1.82) is 0 Å². The van der Waals surface area contributed by atoms with E-state index in [0.717, 1.165) is 4.88 Å². The van der Waals surface area contributed by atoms with Crippen LogP contribution in [0.5, 0.6) is 0 Å². The van der Waals surface area contributed by atoms with Gasteiger partial charge in [-0.05, 0) is 73.2 Å². The third-order valence-corrected chi connectivity index (χ3v) is 7.98. The first-order valence-electron chi connectivity index (χ1n) is 9.97. The zero-order valence-corrected chi connectivity index (χ0v) is 18.0. The van der Waals surface area contributed by atoms with Crippen molar-refractivity contribution in [3.63, 3.8) is 0 Å². The summed E-state index contributed by atoms with van der Waals surface area (Å²) in [6.07, 6.45) is 5.01. The Morgan fingerprint density at radius 3 is 2.52 bits per heavy atom. The molecule has 27 heavy (non-hydrogen) atoms. The van der Waals surface area contributed by atoms with Crippen molar-refractivity contribution in [1.82, 2.24) is 10.2 Å². The predicted octanol–water partition coefficient (Wildman–Crippen LogP) is 4.98. The van der Waals surface area contributed by atoms with Gasteiger partial charge in [-0.3, -0.25) is 9.69 Å². The first-order chi connectivity index (χ1) is 12.4. The van der Waals surface area contributed by atoms with E-state index in [1.54, 1.807) is 11.3 Å². The Morgan fingerprint density at radius 1 is 1.19 bits per heavy atom. The molecule has 3 saturated heterocycles. The monoisotopic (exact) mass is 404 g/mol. The van der Waals surface area contributed by atoms with Crippen LogP contribution in [0.15, 0.2) is 24.3 Å². The fraction of sp³-hybridized carbons (Fsp3) is 0.591. The van der Waals surface area contributed by atoms with E-state index < -0.39 is 0 Å². The maximum Gasteiger partial charge on any atom is 0.261 e. The van der Waals surface area contributed by atoms with E-state index in [9.17, 15) is 4.79 Å². The van der Waals surface area contributed by atoms with Gasteiger partial charge >= 0.3 is 0 Å². The van der Waals surface area contributed by atoms with Crippen molar-refractivity contribution in [3.05, 3.63) is 34.7 Å². The van der Waals surface area contributed by atoms with Crippen molar-refractivity contribution < 1.29 is 4.79 Å². The normalized spacial score (nSPS) is 28.2. The first kappa shape index (κ1) is 19.2. The van der Waals surface area contributed by atoms with Crippen LogP contribution in [0.3, 0.4) is 0 Å². The highest BCUT2D eigenvalue weighted by atomic mass is 35.5. The molecule has 4 aliphatic rings. The molecule has 5 heteroatoms. The SMILES string of the molecule is CC(C)(C)c1ccc2cc(C(=O)N[C@@H]3C4CCN(CC4)C34CC4)sc2c1.Cl. The van der Waals surface area contributed by atoms with Crippen LogP contribution in [0.1, 0.15) is 61.7 Å². The molecule has 3 nitrogen and oxygen atoms in total. The Balaban J connectivity index is 0.00000180. The van der Waals surface area contributed by atoms with Gasteiger partial charge in [-0.1, -0.05) is 32.9 Å². The number of thiophene rings is 1. The molecule has 1 atom stereocenters. The molecule has 1 saturated carbocycles. The Labute approximate surface area is 171 Å². The van der Waals surface area contributed by atoms with Gasteiger partial charge in [0.1, 0.15) is 0 Å². The maximum atomic E-state index is 13.0. The fourth-order valence-corrected chi connectivity index (χ4v) is 6.15. The smallest absolute Gasteiger partial charge is 0.261 e. The summed E-state index contributed by atoms with van der Waals surface area (Å²) < 4.78 is 1.22. The summed E-state index contributed by atoms with van der Waals surface area (Å²) in [5.74, 6) is 0.807. The standard InChI is InChI=1S/C22H28N2OS.ClH/c1-21(2,3)16-5-4-15-12-18(26-17(15)13-16)20(25)23-19-14-6-10-24(11-7-14)22(19)8-9-22;/h4-5,12-14,19H,6-11H2,1-3H3,(H,23,25);1H/t19-;/m1./s1. The number of fused-ring (bicyclic) bond motifs is 3. The first-order valence-corrected chi connectivity index (χ1v) is 10.8. The second kappa shape index (κ2) is 6.47. The molecule has 4 heterocycles. The highest BCUT2D eigenvalue weighted by molar-refractivity contribution is 7.20. The van der Waals surface area contributed by atoms with Gasteiger partial charge in [0.25, 0.3) is 5.91 Å². The number of hydrogen-bond donors (Lipinski definition) is 1. The topological polar surface area (TPSA) is 32.3 Å². The average molecular weight is 405 g/mol. The van der Waals surface area contributed by atoms with Crippen molar-refractivity contribution >= 4 is 39.7 Å². The third-order valence-electron chi connectivity index (χ3n) is 6.88. The number of carbonyl (C=O) groups is 1. The van der Waals surface area contributed by atoms with Crippen LogP contribution in [0.2, 0.25) is 0 Å². The molecule has 0 unspecified atom stereocenters. The van der Waals surface area contributed by atoms with Crippen molar-refractivity contribution in [2.45, 2.75) is 63.5 Å². The zero-order valence-electron chi connectivity index (χ0n) is 16.4. The van der Waals surface area contributed by atoms with Crippen LogP contribution in [0.4, 0.5) is 0 Å². The van der Waals surface area contributed by atoms with Gasteiger partial charge in [-0.2, -0.15) is 0 Å². The number of hydrogen-bond acceptors (Lipinski definition) is 3. The third kappa shape index (κ3) is 3.10. The minimum atomic E-state index is 0.